The highest BCUT2D eigenvalue weighted by atomic mass is 16.5. The highest BCUT2D eigenvalue weighted by Crippen LogP contribution is 2.25. The maximum atomic E-state index is 5.86. The second kappa shape index (κ2) is 7.48. The summed E-state index contributed by atoms with van der Waals surface area (Å²) in [6, 6.07) is 4.39. The van der Waals surface area contributed by atoms with Crippen LogP contribution in [0, 0.1) is 13.8 Å². The molecule has 0 amide bonds. The van der Waals surface area contributed by atoms with Crippen LogP contribution in [0.15, 0.2) is 12.1 Å². The molecule has 0 aliphatic rings. The molecule has 0 spiro atoms. The first kappa shape index (κ1) is 16.0. The largest absolute Gasteiger partial charge is 0.496 e. The highest BCUT2D eigenvalue weighted by molar-refractivity contribution is 5.43. The van der Waals surface area contributed by atoms with Gasteiger partial charge >= 0.3 is 0 Å². The molecule has 0 saturated heterocycles. The van der Waals surface area contributed by atoms with E-state index in [0.29, 0.717) is 6.54 Å². The Balaban J connectivity index is 2.67. The van der Waals surface area contributed by atoms with Gasteiger partial charge in [0, 0.05) is 25.7 Å². The zero-order chi connectivity index (χ0) is 14.4. The third-order valence-electron chi connectivity index (χ3n) is 3.31. The van der Waals surface area contributed by atoms with Crippen LogP contribution in [-0.4, -0.2) is 44.7 Å². The standard InChI is InChI=1S/C15H27N3O/c1-11-7-12(2)15(19-4)13(8-11)5-6-18(3)10-14(17)9-16/h7-8,14H,5-6,9-10,16-17H2,1-4H3. The molecular weight excluding hydrogens is 238 g/mol. The Morgan fingerprint density at radius 2 is 2.00 bits per heavy atom. The van der Waals surface area contributed by atoms with Crippen molar-refractivity contribution in [3.63, 3.8) is 0 Å². The van der Waals surface area contributed by atoms with Crippen molar-refractivity contribution in [1.29, 1.82) is 0 Å². The van der Waals surface area contributed by atoms with Crippen molar-refractivity contribution in [2.45, 2.75) is 26.3 Å². The van der Waals surface area contributed by atoms with Crippen molar-refractivity contribution < 1.29 is 4.74 Å². The van der Waals surface area contributed by atoms with Crippen LogP contribution in [0.3, 0.4) is 0 Å². The summed E-state index contributed by atoms with van der Waals surface area (Å²) in [6.45, 7) is 6.50. The summed E-state index contributed by atoms with van der Waals surface area (Å²) in [7, 11) is 3.81. The van der Waals surface area contributed by atoms with E-state index in [4.69, 9.17) is 16.2 Å². The number of likely N-dealkylation sites (N-methyl/N-ethyl adjacent to an activating group) is 1. The molecule has 19 heavy (non-hydrogen) atoms. The number of rotatable bonds is 7. The molecule has 0 bridgehead atoms. The molecule has 0 aliphatic heterocycles. The zero-order valence-corrected chi connectivity index (χ0v) is 12.6. The van der Waals surface area contributed by atoms with Crippen LogP contribution < -0.4 is 16.2 Å². The molecule has 0 aliphatic carbocycles. The van der Waals surface area contributed by atoms with Crippen LogP contribution in [0.5, 0.6) is 5.75 Å². The Labute approximate surface area is 116 Å². The van der Waals surface area contributed by atoms with Gasteiger partial charge in [0.2, 0.25) is 0 Å². The third-order valence-corrected chi connectivity index (χ3v) is 3.31. The summed E-state index contributed by atoms with van der Waals surface area (Å²) < 4.78 is 5.50. The number of aryl methyl sites for hydroxylation is 2. The fourth-order valence-electron chi connectivity index (χ4n) is 2.40. The van der Waals surface area contributed by atoms with Crippen molar-refractivity contribution in [3.8, 4) is 5.75 Å². The van der Waals surface area contributed by atoms with Crippen LogP contribution >= 0.6 is 0 Å². The lowest BCUT2D eigenvalue weighted by atomic mass is 10.0. The molecule has 4 N–H and O–H groups in total. The molecule has 4 heteroatoms. The van der Waals surface area contributed by atoms with E-state index < -0.39 is 0 Å². The monoisotopic (exact) mass is 265 g/mol. The minimum absolute atomic E-state index is 0.0474. The van der Waals surface area contributed by atoms with Gasteiger partial charge in [0.15, 0.2) is 0 Å². The van der Waals surface area contributed by atoms with Crippen LogP contribution in [0.1, 0.15) is 16.7 Å². The Morgan fingerprint density at radius 3 is 2.58 bits per heavy atom. The normalized spacial score (nSPS) is 12.8. The number of benzene rings is 1. The van der Waals surface area contributed by atoms with Crippen molar-refractivity contribution in [1.82, 2.24) is 4.90 Å². The lowest BCUT2D eigenvalue weighted by Crippen LogP contribution is -2.41. The van der Waals surface area contributed by atoms with Gasteiger partial charge in [-0.1, -0.05) is 17.7 Å². The Kier molecular flexibility index (Phi) is 6.28. The maximum absolute atomic E-state index is 5.86. The number of hydrogen-bond donors (Lipinski definition) is 2. The number of nitrogens with zero attached hydrogens (tertiary/aromatic N) is 1. The molecule has 1 rings (SSSR count). The lowest BCUT2D eigenvalue weighted by Gasteiger charge is -2.21. The number of nitrogens with two attached hydrogens (primary N) is 2. The van der Waals surface area contributed by atoms with Gasteiger partial charge in [-0.2, -0.15) is 0 Å². The average molecular weight is 265 g/mol. The second-order valence-corrected chi connectivity index (χ2v) is 5.28. The van der Waals surface area contributed by atoms with Crippen molar-refractivity contribution in [3.05, 3.63) is 28.8 Å². The molecule has 1 atom stereocenters. The first-order chi connectivity index (χ1) is 8.97. The van der Waals surface area contributed by atoms with E-state index in [1.807, 2.05) is 0 Å². The van der Waals surface area contributed by atoms with E-state index in [0.717, 1.165) is 25.3 Å². The molecular formula is C15H27N3O. The van der Waals surface area contributed by atoms with Crippen molar-refractivity contribution >= 4 is 0 Å². The SMILES string of the molecule is COc1c(C)cc(C)cc1CCN(C)CC(N)CN. The number of ether oxygens (including phenoxy) is 1. The molecule has 0 saturated carbocycles. The third kappa shape index (κ3) is 4.82. The van der Waals surface area contributed by atoms with Gasteiger partial charge < -0.3 is 21.1 Å². The molecule has 4 nitrogen and oxygen atoms in total. The summed E-state index contributed by atoms with van der Waals surface area (Å²) in [5, 5.41) is 0. The Bertz CT molecular complexity index is 407. The van der Waals surface area contributed by atoms with Crippen LogP contribution in [-0.2, 0) is 6.42 Å². The predicted octanol–water partition coefficient (Wildman–Crippen LogP) is 1.07. The average Bonchev–Trinajstić information content (AvgIpc) is 2.35. The Morgan fingerprint density at radius 1 is 1.32 bits per heavy atom. The Hall–Kier alpha value is -1.10. The summed E-state index contributed by atoms with van der Waals surface area (Å²) in [5.41, 5.74) is 15.1. The molecule has 1 unspecified atom stereocenters. The number of methoxy groups -OCH3 is 1. The fourth-order valence-corrected chi connectivity index (χ4v) is 2.40. The van der Waals surface area contributed by atoms with Gasteiger partial charge in [-0.3, -0.25) is 0 Å². The van der Waals surface area contributed by atoms with Gasteiger partial charge in [0.1, 0.15) is 5.75 Å². The van der Waals surface area contributed by atoms with E-state index >= 15 is 0 Å². The first-order valence-electron chi connectivity index (χ1n) is 6.76. The second-order valence-electron chi connectivity index (χ2n) is 5.28. The van der Waals surface area contributed by atoms with Crippen LogP contribution in [0.4, 0.5) is 0 Å². The summed E-state index contributed by atoms with van der Waals surface area (Å²) >= 11 is 0. The molecule has 0 fully saturated rings. The van der Waals surface area contributed by atoms with E-state index in [1.54, 1.807) is 7.11 Å². The van der Waals surface area contributed by atoms with Crippen molar-refractivity contribution in [2.24, 2.45) is 11.5 Å². The summed E-state index contributed by atoms with van der Waals surface area (Å²) in [4.78, 5) is 2.22. The predicted molar refractivity (Wildman–Crippen MR) is 80.7 cm³/mol. The molecule has 0 heterocycles. The first-order valence-corrected chi connectivity index (χ1v) is 6.76. The smallest absolute Gasteiger partial charge is 0.125 e. The molecule has 0 aromatic heterocycles. The lowest BCUT2D eigenvalue weighted by molar-refractivity contribution is 0.313. The van der Waals surface area contributed by atoms with E-state index in [2.05, 4.69) is 37.9 Å². The quantitative estimate of drug-likeness (QED) is 0.774. The van der Waals surface area contributed by atoms with Crippen LogP contribution in [0.2, 0.25) is 0 Å². The fraction of sp³-hybridized carbons (Fsp3) is 0.600. The van der Waals surface area contributed by atoms with Gasteiger partial charge in [0.05, 0.1) is 7.11 Å². The van der Waals surface area contributed by atoms with Crippen LogP contribution in [0.25, 0.3) is 0 Å². The van der Waals surface area contributed by atoms with E-state index in [1.165, 1.54) is 16.7 Å². The summed E-state index contributed by atoms with van der Waals surface area (Å²) in [6.07, 6.45) is 0.958. The van der Waals surface area contributed by atoms with Crippen molar-refractivity contribution in [2.75, 3.05) is 33.8 Å². The summed E-state index contributed by atoms with van der Waals surface area (Å²) in [5.74, 6) is 1.00. The van der Waals surface area contributed by atoms with E-state index in [-0.39, 0.29) is 6.04 Å². The van der Waals surface area contributed by atoms with Gasteiger partial charge in [0.25, 0.3) is 0 Å². The molecule has 1 aromatic rings. The topological polar surface area (TPSA) is 64.5 Å². The molecule has 1 aromatic carbocycles. The minimum Gasteiger partial charge on any atom is -0.496 e. The van der Waals surface area contributed by atoms with Gasteiger partial charge in [-0.05, 0) is 38.4 Å². The van der Waals surface area contributed by atoms with Gasteiger partial charge in [-0.25, -0.2) is 0 Å². The molecule has 0 radical (unpaired) electrons. The highest BCUT2D eigenvalue weighted by Gasteiger charge is 2.10. The maximum Gasteiger partial charge on any atom is 0.125 e. The minimum atomic E-state index is 0.0474. The van der Waals surface area contributed by atoms with Gasteiger partial charge in [-0.15, -0.1) is 0 Å². The number of hydrogen-bond acceptors (Lipinski definition) is 4. The van der Waals surface area contributed by atoms with E-state index in [9.17, 15) is 0 Å². The zero-order valence-electron chi connectivity index (χ0n) is 12.6. The molecule has 108 valence electrons.